The van der Waals surface area contributed by atoms with Crippen molar-refractivity contribution in [2.24, 2.45) is 5.73 Å². The van der Waals surface area contributed by atoms with Gasteiger partial charge in [0.15, 0.2) is 0 Å². The Morgan fingerprint density at radius 1 is 1.56 bits per heavy atom. The van der Waals surface area contributed by atoms with Crippen LogP contribution in [0.4, 0.5) is 0 Å². The molecular formula is C12H17N3S. The summed E-state index contributed by atoms with van der Waals surface area (Å²) in [6.45, 7) is 1.93. The van der Waals surface area contributed by atoms with E-state index >= 15 is 0 Å². The Kier molecular flexibility index (Phi) is 3.85. The summed E-state index contributed by atoms with van der Waals surface area (Å²) in [5.41, 5.74) is 6.81. The van der Waals surface area contributed by atoms with Gasteiger partial charge in [-0.15, -0.1) is 0 Å². The first-order valence-corrected chi connectivity index (χ1v) is 6.08. The number of nitrogens with two attached hydrogens (primary N) is 1. The first-order valence-electron chi connectivity index (χ1n) is 5.67. The van der Waals surface area contributed by atoms with Crippen molar-refractivity contribution in [3.8, 4) is 0 Å². The number of pyridine rings is 1. The van der Waals surface area contributed by atoms with E-state index in [1.54, 1.807) is 6.20 Å². The van der Waals surface area contributed by atoms with Gasteiger partial charge in [-0.2, -0.15) is 0 Å². The molecule has 4 heteroatoms. The molecule has 1 aliphatic carbocycles. The van der Waals surface area contributed by atoms with Gasteiger partial charge >= 0.3 is 0 Å². The molecule has 16 heavy (non-hydrogen) atoms. The number of rotatable bonds is 6. The lowest BCUT2D eigenvalue weighted by Crippen LogP contribution is -2.29. The molecule has 1 aromatic heterocycles. The fourth-order valence-corrected chi connectivity index (χ4v) is 1.90. The van der Waals surface area contributed by atoms with E-state index in [1.165, 1.54) is 18.4 Å². The maximum absolute atomic E-state index is 5.55. The zero-order valence-electron chi connectivity index (χ0n) is 9.30. The van der Waals surface area contributed by atoms with E-state index in [9.17, 15) is 0 Å². The monoisotopic (exact) mass is 235 g/mol. The van der Waals surface area contributed by atoms with E-state index in [2.05, 4.69) is 16.0 Å². The van der Waals surface area contributed by atoms with Crippen LogP contribution in [0.2, 0.25) is 0 Å². The molecular weight excluding hydrogens is 218 g/mol. The third-order valence-corrected chi connectivity index (χ3v) is 3.02. The number of nitrogens with zero attached hydrogens (tertiary/aromatic N) is 2. The highest BCUT2D eigenvalue weighted by molar-refractivity contribution is 7.80. The molecule has 0 saturated heterocycles. The van der Waals surface area contributed by atoms with Gasteiger partial charge in [0, 0.05) is 37.9 Å². The Labute approximate surface area is 102 Å². The van der Waals surface area contributed by atoms with Gasteiger partial charge in [0.25, 0.3) is 0 Å². The lowest BCUT2D eigenvalue weighted by atomic mass is 10.2. The smallest absolute Gasteiger partial charge is 0.0740 e. The molecule has 1 aliphatic rings. The maximum Gasteiger partial charge on any atom is 0.0740 e. The van der Waals surface area contributed by atoms with Gasteiger partial charge in [-0.1, -0.05) is 18.3 Å². The largest absolute Gasteiger partial charge is 0.393 e. The van der Waals surface area contributed by atoms with Crippen LogP contribution >= 0.6 is 12.2 Å². The zero-order chi connectivity index (χ0) is 11.4. The lowest BCUT2D eigenvalue weighted by molar-refractivity contribution is 0.262. The second kappa shape index (κ2) is 5.37. The Morgan fingerprint density at radius 2 is 2.38 bits per heavy atom. The van der Waals surface area contributed by atoms with Crippen LogP contribution in [0.5, 0.6) is 0 Å². The quantitative estimate of drug-likeness (QED) is 0.762. The summed E-state index contributed by atoms with van der Waals surface area (Å²) in [6, 6.07) is 4.83. The van der Waals surface area contributed by atoms with E-state index in [0.717, 1.165) is 25.6 Å². The summed E-state index contributed by atoms with van der Waals surface area (Å²) in [7, 11) is 0. The van der Waals surface area contributed by atoms with Crippen LogP contribution in [0.15, 0.2) is 24.5 Å². The molecule has 1 fully saturated rings. The van der Waals surface area contributed by atoms with Crippen molar-refractivity contribution in [1.82, 2.24) is 9.88 Å². The third kappa shape index (κ3) is 3.54. The average Bonchev–Trinajstić information content (AvgIpc) is 3.09. The van der Waals surface area contributed by atoms with Crippen molar-refractivity contribution in [1.29, 1.82) is 0 Å². The highest BCUT2D eigenvalue weighted by Gasteiger charge is 2.28. The van der Waals surface area contributed by atoms with E-state index in [-0.39, 0.29) is 0 Å². The Balaban J connectivity index is 1.90. The maximum atomic E-state index is 5.55. The second-order valence-corrected chi connectivity index (χ2v) is 4.80. The molecule has 1 aromatic rings. The van der Waals surface area contributed by atoms with Crippen molar-refractivity contribution in [3.05, 3.63) is 30.1 Å². The summed E-state index contributed by atoms with van der Waals surface area (Å²) in [4.78, 5) is 7.20. The minimum atomic E-state index is 0.608. The van der Waals surface area contributed by atoms with Gasteiger partial charge < -0.3 is 5.73 Å². The normalized spacial score (nSPS) is 15.3. The van der Waals surface area contributed by atoms with Crippen molar-refractivity contribution in [2.45, 2.75) is 31.8 Å². The molecule has 1 heterocycles. The van der Waals surface area contributed by atoms with Crippen LogP contribution < -0.4 is 5.73 Å². The van der Waals surface area contributed by atoms with Gasteiger partial charge in [-0.05, 0) is 24.5 Å². The molecule has 0 radical (unpaired) electrons. The average molecular weight is 235 g/mol. The van der Waals surface area contributed by atoms with E-state index in [0.29, 0.717) is 4.99 Å². The molecule has 86 valence electrons. The lowest BCUT2D eigenvalue weighted by Gasteiger charge is -2.21. The summed E-state index contributed by atoms with van der Waals surface area (Å²) >= 11 is 4.92. The van der Waals surface area contributed by atoms with E-state index in [1.807, 2.05) is 12.3 Å². The summed E-state index contributed by atoms with van der Waals surface area (Å²) in [6.07, 6.45) is 7.15. The van der Waals surface area contributed by atoms with Crippen molar-refractivity contribution < 1.29 is 0 Å². The second-order valence-electron chi connectivity index (χ2n) is 4.28. The summed E-state index contributed by atoms with van der Waals surface area (Å²) < 4.78 is 0. The molecule has 2 rings (SSSR count). The highest BCUT2D eigenvalue weighted by Crippen LogP contribution is 2.28. The van der Waals surface area contributed by atoms with Crippen LogP contribution in [0.3, 0.4) is 0 Å². The molecule has 0 aliphatic heterocycles. The number of aromatic nitrogens is 1. The van der Waals surface area contributed by atoms with Crippen molar-refractivity contribution >= 4 is 17.2 Å². The van der Waals surface area contributed by atoms with Gasteiger partial charge in [0.2, 0.25) is 0 Å². The van der Waals surface area contributed by atoms with Gasteiger partial charge in [0.05, 0.1) is 4.99 Å². The minimum absolute atomic E-state index is 0.608. The molecule has 3 nitrogen and oxygen atoms in total. The van der Waals surface area contributed by atoms with Gasteiger partial charge in [0.1, 0.15) is 0 Å². The minimum Gasteiger partial charge on any atom is -0.393 e. The topological polar surface area (TPSA) is 42.1 Å². The SMILES string of the molecule is NC(=S)CCN(Cc1cccnc1)C1CC1. The number of hydrogen-bond donors (Lipinski definition) is 1. The van der Waals surface area contributed by atoms with Crippen LogP contribution in [0.25, 0.3) is 0 Å². The first-order chi connectivity index (χ1) is 7.75. The fraction of sp³-hybridized carbons (Fsp3) is 0.500. The van der Waals surface area contributed by atoms with Crippen LogP contribution in [-0.2, 0) is 6.54 Å². The Morgan fingerprint density at radius 3 is 2.94 bits per heavy atom. The molecule has 0 bridgehead atoms. The predicted molar refractivity (Wildman–Crippen MR) is 69.1 cm³/mol. The molecule has 2 N–H and O–H groups in total. The van der Waals surface area contributed by atoms with Crippen LogP contribution in [0, 0.1) is 0 Å². The van der Waals surface area contributed by atoms with Gasteiger partial charge in [-0.25, -0.2) is 0 Å². The zero-order valence-corrected chi connectivity index (χ0v) is 10.1. The Hall–Kier alpha value is -1.00. The number of hydrogen-bond acceptors (Lipinski definition) is 3. The first kappa shape index (κ1) is 11.5. The van der Waals surface area contributed by atoms with Gasteiger partial charge in [-0.3, -0.25) is 9.88 Å². The highest BCUT2D eigenvalue weighted by atomic mass is 32.1. The third-order valence-electron chi connectivity index (χ3n) is 2.82. The standard InChI is InChI=1S/C12H17N3S/c13-12(16)5-7-15(11-3-4-11)9-10-2-1-6-14-8-10/h1-2,6,8,11H,3-5,7,9H2,(H2,13,16). The molecule has 0 amide bonds. The Bertz CT molecular complexity index is 349. The molecule has 0 spiro atoms. The molecule has 0 atom stereocenters. The summed E-state index contributed by atoms with van der Waals surface area (Å²) in [5.74, 6) is 0. The van der Waals surface area contributed by atoms with E-state index < -0.39 is 0 Å². The van der Waals surface area contributed by atoms with Crippen molar-refractivity contribution in [3.63, 3.8) is 0 Å². The molecule has 1 saturated carbocycles. The van der Waals surface area contributed by atoms with Crippen molar-refractivity contribution in [2.75, 3.05) is 6.54 Å². The summed E-state index contributed by atoms with van der Waals surface area (Å²) in [5, 5.41) is 0. The van der Waals surface area contributed by atoms with E-state index in [4.69, 9.17) is 18.0 Å². The predicted octanol–water partition coefficient (Wildman–Crippen LogP) is 1.72. The molecule has 0 unspecified atom stereocenters. The van der Waals surface area contributed by atoms with Crippen LogP contribution in [-0.4, -0.2) is 27.5 Å². The number of thiocarbonyl (C=S) groups is 1. The van der Waals surface area contributed by atoms with Crippen LogP contribution in [0.1, 0.15) is 24.8 Å². The molecule has 0 aromatic carbocycles. The fourth-order valence-electron chi connectivity index (χ4n) is 1.81.